The van der Waals surface area contributed by atoms with Crippen molar-refractivity contribution < 1.29 is 18.6 Å². The molecule has 0 fully saturated rings. The molecule has 1 heterocycles. The fraction of sp³-hybridized carbons (Fsp3) is 0.400. The first-order valence-corrected chi connectivity index (χ1v) is 4.55. The van der Waals surface area contributed by atoms with Crippen molar-refractivity contribution >= 4 is 0 Å². The molecule has 0 spiro atoms. The molecule has 0 aliphatic carbocycles. The Morgan fingerprint density at radius 2 is 2.33 bits per heavy atom. The van der Waals surface area contributed by atoms with Gasteiger partial charge in [0.2, 0.25) is 12.5 Å². The summed E-state index contributed by atoms with van der Waals surface area (Å²) in [6.07, 6.45) is 0. The maximum absolute atomic E-state index is 12.4. The van der Waals surface area contributed by atoms with Crippen molar-refractivity contribution in [1.29, 1.82) is 0 Å². The van der Waals surface area contributed by atoms with Gasteiger partial charge in [-0.1, -0.05) is 0 Å². The van der Waals surface area contributed by atoms with Crippen molar-refractivity contribution in [3.63, 3.8) is 0 Å². The van der Waals surface area contributed by atoms with Crippen LogP contribution in [0.25, 0.3) is 0 Å². The lowest BCUT2D eigenvalue weighted by atomic mass is 10.1. The third-order valence-electron chi connectivity index (χ3n) is 2.28. The first-order chi connectivity index (χ1) is 7.26. The maximum Gasteiger partial charge on any atom is 0.231 e. The predicted octanol–water partition coefficient (Wildman–Crippen LogP) is 1.39. The molecule has 0 saturated heterocycles. The highest BCUT2D eigenvalue weighted by Gasteiger charge is 2.21. The Balaban J connectivity index is 2.43. The van der Waals surface area contributed by atoms with Crippen molar-refractivity contribution in [2.75, 3.05) is 20.6 Å². The molecule has 2 N–H and O–H groups in total. The molecule has 0 radical (unpaired) electrons. The molecule has 5 heteroatoms. The van der Waals surface area contributed by atoms with Crippen molar-refractivity contribution in [2.45, 2.75) is 6.04 Å². The molecule has 82 valence electrons. The van der Waals surface area contributed by atoms with Gasteiger partial charge in [0, 0.05) is 0 Å². The van der Waals surface area contributed by atoms with Gasteiger partial charge in [-0.3, -0.25) is 0 Å². The summed E-state index contributed by atoms with van der Waals surface area (Å²) in [6, 6.07) is 2.68. The topological polar surface area (TPSA) is 53.7 Å². The molecule has 4 nitrogen and oxygen atoms in total. The summed E-state index contributed by atoms with van der Waals surface area (Å²) < 4.78 is 27.9. The van der Waals surface area contributed by atoms with E-state index in [1.165, 1.54) is 7.11 Å². The Morgan fingerprint density at radius 3 is 3.00 bits per heavy atom. The van der Waals surface area contributed by atoms with Gasteiger partial charge >= 0.3 is 0 Å². The van der Waals surface area contributed by atoms with Gasteiger partial charge in [-0.25, -0.2) is 4.39 Å². The minimum Gasteiger partial charge on any atom is -0.493 e. The van der Waals surface area contributed by atoms with Crippen LogP contribution in [0.2, 0.25) is 0 Å². The highest BCUT2D eigenvalue weighted by atomic mass is 19.1. The molecule has 1 aromatic rings. The third-order valence-corrected chi connectivity index (χ3v) is 2.28. The molecule has 0 aromatic heterocycles. The number of rotatable bonds is 3. The Bertz CT molecular complexity index is 370. The maximum atomic E-state index is 12.4. The number of hydrogen-bond donors (Lipinski definition) is 1. The van der Waals surface area contributed by atoms with Crippen molar-refractivity contribution in [3.05, 3.63) is 17.7 Å². The van der Waals surface area contributed by atoms with Crippen LogP contribution >= 0.6 is 0 Å². The van der Waals surface area contributed by atoms with E-state index < -0.39 is 12.7 Å². The predicted molar refractivity (Wildman–Crippen MR) is 52.0 cm³/mol. The van der Waals surface area contributed by atoms with Crippen LogP contribution in [0.15, 0.2) is 12.1 Å². The van der Waals surface area contributed by atoms with E-state index in [9.17, 15) is 4.39 Å². The van der Waals surface area contributed by atoms with E-state index in [4.69, 9.17) is 19.9 Å². The second-order valence-electron chi connectivity index (χ2n) is 3.22. The summed E-state index contributed by atoms with van der Waals surface area (Å²) in [6.45, 7) is -0.469. The Labute approximate surface area is 86.7 Å². The Morgan fingerprint density at radius 1 is 1.53 bits per heavy atom. The van der Waals surface area contributed by atoms with Crippen LogP contribution in [-0.4, -0.2) is 20.6 Å². The van der Waals surface area contributed by atoms with E-state index >= 15 is 0 Å². The lowest BCUT2D eigenvalue weighted by molar-refractivity contribution is 0.171. The number of fused-ring (bicyclic) bond motifs is 1. The van der Waals surface area contributed by atoms with Crippen LogP contribution in [-0.2, 0) is 0 Å². The minimum atomic E-state index is -0.659. The van der Waals surface area contributed by atoms with E-state index in [-0.39, 0.29) is 6.79 Å². The summed E-state index contributed by atoms with van der Waals surface area (Å²) >= 11 is 0. The number of nitrogens with two attached hydrogens (primary N) is 1. The van der Waals surface area contributed by atoms with E-state index in [0.717, 1.165) is 0 Å². The van der Waals surface area contributed by atoms with Gasteiger partial charge in [0.05, 0.1) is 13.2 Å². The molecule has 0 bridgehead atoms. The smallest absolute Gasteiger partial charge is 0.231 e. The molecule has 15 heavy (non-hydrogen) atoms. The van der Waals surface area contributed by atoms with Crippen LogP contribution in [0.1, 0.15) is 11.6 Å². The van der Waals surface area contributed by atoms with E-state index in [1.54, 1.807) is 12.1 Å². The quantitative estimate of drug-likeness (QED) is 0.824. The average Bonchev–Trinajstić information content (AvgIpc) is 2.74. The van der Waals surface area contributed by atoms with Crippen LogP contribution in [0.4, 0.5) is 4.39 Å². The van der Waals surface area contributed by atoms with Gasteiger partial charge in [0.1, 0.15) is 6.67 Å². The normalized spacial score (nSPS) is 15.1. The van der Waals surface area contributed by atoms with Gasteiger partial charge in [-0.05, 0) is 17.7 Å². The SMILES string of the molecule is COc1cc([C@@H](N)CF)cc2c1OCO2. The summed E-state index contributed by atoms with van der Waals surface area (Å²) in [5.74, 6) is 1.62. The van der Waals surface area contributed by atoms with Gasteiger partial charge in [0.15, 0.2) is 11.5 Å². The van der Waals surface area contributed by atoms with Crippen molar-refractivity contribution in [2.24, 2.45) is 5.73 Å². The molecule has 1 aliphatic heterocycles. The number of methoxy groups -OCH3 is 1. The van der Waals surface area contributed by atoms with E-state index in [1.807, 2.05) is 0 Å². The highest BCUT2D eigenvalue weighted by molar-refractivity contribution is 5.55. The van der Waals surface area contributed by atoms with Gasteiger partial charge < -0.3 is 19.9 Å². The average molecular weight is 213 g/mol. The molecule has 0 unspecified atom stereocenters. The molecule has 1 atom stereocenters. The molecule has 1 aromatic carbocycles. The third kappa shape index (κ3) is 1.70. The number of halogens is 1. The summed E-state index contributed by atoms with van der Waals surface area (Å²) in [4.78, 5) is 0. The minimum absolute atomic E-state index is 0.153. The number of hydrogen-bond acceptors (Lipinski definition) is 4. The van der Waals surface area contributed by atoms with Crippen LogP contribution in [0.3, 0.4) is 0 Å². The second-order valence-corrected chi connectivity index (χ2v) is 3.22. The zero-order valence-electron chi connectivity index (χ0n) is 8.33. The molecule has 2 rings (SSSR count). The lowest BCUT2D eigenvalue weighted by Gasteiger charge is -2.11. The van der Waals surface area contributed by atoms with Gasteiger partial charge in [-0.15, -0.1) is 0 Å². The molecule has 1 aliphatic rings. The lowest BCUT2D eigenvalue weighted by Crippen LogP contribution is -2.12. The van der Waals surface area contributed by atoms with Gasteiger partial charge in [-0.2, -0.15) is 0 Å². The van der Waals surface area contributed by atoms with Gasteiger partial charge in [0.25, 0.3) is 0 Å². The number of ether oxygens (including phenoxy) is 3. The monoisotopic (exact) mass is 213 g/mol. The molecule has 0 amide bonds. The van der Waals surface area contributed by atoms with Crippen molar-refractivity contribution in [1.82, 2.24) is 0 Å². The van der Waals surface area contributed by atoms with Crippen molar-refractivity contribution in [3.8, 4) is 17.2 Å². The number of alkyl halides is 1. The standard InChI is InChI=1S/C10H12FNO3/c1-13-8-2-6(7(12)4-11)3-9-10(8)15-5-14-9/h2-3,7H,4-5,12H2,1H3/t7-/m0/s1. The van der Waals surface area contributed by atoms with Crippen LogP contribution < -0.4 is 19.9 Å². The first kappa shape index (κ1) is 10.0. The zero-order chi connectivity index (χ0) is 10.8. The largest absolute Gasteiger partial charge is 0.493 e. The van der Waals surface area contributed by atoms with E-state index in [2.05, 4.69) is 0 Å². The Kier molecular flexibility index (Phi) is 2.64. The zero-order valence-corrected chi connectivity index (χ0v) is 8.33. The highest BCUT2D eigenvalue weighted by Crippen LogP contribution is 2.42. The fourth-order valence-electron chi connectivity index (χ4n) is 1.45. The summed E-state index contributed by atoms with van der Waals surface area (Å²) in [7, 11) is 1.52. The second kappa shape index (κ2) is 3.94. The van der Waals surface area contributed by atoms with Crippen LogP contribution in [0, 0.1) is 0 Å². The van der Waals surface area contributed by atoms with E-state index in [0.29, 0.717) is 22.8 Å². The summed E-state index contributed by atoms with van der Waals surface area (Å²) in [5.41, 5.74) is 6.22. The van der Waals surface area contributed by atoms with Crippen LogP contribution in [0.5, 0.6) is 17.2 Å². The molecular formula is C10H12FNO3. The molecular weight excluding hydrogens is 201 g/mol. The number of benzene rings is 1. The summed E-state index contributed by atoms with van der Waals surface area (Å²) in [5, 5.41) is 0. The Hall–Kier alpha value is -1.49. The fourth-order valence-corrected chi connectivity index (χ4v) is 1.45. The molecule has 0 saturated carbocycles. The first-order valence-electron chi connectivity index (χ1n) is 4.55.